The zero-order valence-electron chi connectivity index (χ0n) is 10.1. The lowest BCUT2D eigenvalue weighted by Crippen LogP contribution is -2.13. The number of anilines is 3. The normalized spacial score (nSPS) is 10.4. The third-order valence-corrected chi connectivity index (χ3v) is 4.03. The summed E-state index contributed by atoms with van der Waals surface area (Å²) in [7, 11) is 1.63. The molecule has 0 unspecified atom stereocenters. The summed E-state index contributed by atoms with van der Waals surface area (Å²) >= 11 is 3.87. The molecule has 0 saturated carbocycles. The molecular weight excluding hydrogens is 354 g/mol. The zero-order valence-corrected chi connectivity index (χ0v) is 12.5. The van der Waals surface area contributed by atoms with E-state index in [0.717, 1.165) is 23.5 Å². The van der Waals surface area contributed by atoms with Crippen LogP contribution in [0.15, 0.2) is 16.6 Å². The largest absolute Gasteiger partial charge is 0.382 e. The Morgan fingerprint density at radius 1 is 1.40 bits per heavy atom. The number of nitrogens with one attached hydrogen (secondary N) is 2. The van der Waals surface area contributed by atoms with Crippen molar-refractivity contribution in [1.29, 1.82) is 0 Å². The molecule has 0 aliphatic carbocycles. The molecule has 1 aromatic carbocycles. The second kappa shape index (κ2) is 5.71. The highest BCUT2D eigenvalue weighted by atomic mass is 79.9. The van der Waals surface area contributed by atoms with Gasteiger partial charge in [0.1, 0.15) is 22.3 Å². The van der Waals surface area contributed by atoms with Crippen LogP contribution in [-0.2, 0) is 0 Å². The molecule has 1 amide bonds. The molecular formula is C11H9BrF2N4OS. The van der Waals surface area contributed by atoms with Crippen LogP contribution in [0.4, 0.5) is 25.4 Å². The van der Waals surface area contributed by atoms with Gasteiger partial charge in [0.05, 0.1) is 10.2 Å². The first-order valence-electron chi connectivity index (χ1n) is 5.32. The standard InChI is InChI=1S/C11H9BrF2N4OS/c1-16-11-18-9(15)8(20-11)10(19)17-7-3-5(13)4(12)2-6(7)14/h2-3H,15H2,1H3,(H,16,18)(H,17,19). The van der Waals surface area contributed by atoms with E-state index < -0.39 is 17.5 Å². The van der Waals surface area contributed by atoms with Crippen LogP contribution in [0.1, 0.15) is 9.67 Å². The fourth-order valence-corrected chi connectivity index (χ4v) is 2.45. The first kappa shape index (κ1) is 14.7. The van der Waals surface area contributed by atoms with E-state index in [1.54, 1.807) is 7.05 Å². The first-order chi connectivity index (χ1) is 9.42. The van der Waals surface area contributed by atoms with Gasteiger partial charge in [0, 0.05) is 13.1 Å². The van der Waals surface area contributed by atoms with Gasteiger partial charge in [-0.3, -0.25) is 4.79 Å². The molecule has 4 N–H and O–H groups in total. The second-order valence-corrected chi connectivity index (χ2v) is 5.54. The van der Waals surface area contributed by atoms with Crippen molar-refractivity contribution in [2.45, 2.75) is 0 Å². The van der Waals surface area contributed by atoms with Gasteiger partial charge in [-0.1, -0.05) is 11.3 Å². The van der Waals surface area contributed by atoms with Gasteiger partial charge in [0.25, 0.3) is 5.91 Å². The van der Waals surface area contributed by atoms with E-state index in [1.807, 2.05) is 0 Å². The van der Waals surface area contributed by atoms with Gasteiger partial charge in [-0.05, 0) is 22.0 Å². The van der Waals surface area contributed by atoms with Crippen molar-refractivity contribution in [2.75, 3.05) is 23.4 Å². The maximum absolute atomic E-state index is 13.6. The highest BCUT2D eigenvalue weighted by Crippen LogP contribution is 2.27. The van der Waals surface area contributed by atoms with Crippen molar-refractivity contribution < 1.29 is 13.6 Å². The number of rotatable bonds is 3. The van der Waals surface area contributed by atoms with Crippen LogP contribution in [-0.4, -0.2) is 17.9 Å². The summed E-state index contributed by atoms with van der Waals surface area (Å²) in [4.78, 5) is 16.0. The minimum Gasteiger partial charge on any atom is -0.382 e. The van der Waals surface area contributed by atoms with Crippen molar-refractivity contribution >= 4 is 49.8 Å². The molecule has 0 saturated heterocycles. The van der Waals surface area contributed by atoms with Crippen LogP contribution >= 0.6 is 27.3 Å². The minimum absolute atomic E-state index is 0.0230. The van der Waals surface area contributed by atoms with E-state index in [4.69, 9.17) is 5.73 Å². The fraction of sp³-hybridized carbons (Fsp3) is 0.0909. The molecule has 0 spiro atoms. The number of nitrogens with two attached hydrogens (primary N) is 1. The predicted octanol–water partition coefficient (Wildman–Crippen LogP) is 3.06. The lowest BCUT2D eigenvalue weighted by molar-refractivity contribution is 0.103. The van der Waals surface area contributed by atoms with Crippen molar-refractivity contribution in [3.8, 4) is 0 Å². The summed E-state index contributed by atoms with van der Waals surface area (Å²) in [5, 5.41) is 5.46. The summed E-state index contributed by atoms with van der Waals surface area (Å²) in [6.07, 6.45) is 0. The molecule has 5 nitrogen and oxygen atoms in total. The van der Waals surface area contributed by atoms with Crippen molar-refractivity contribution in [3.05, 3.63) is 33.1 Å². The Morgan fingerprint density at radius 2 is 2.10 bits per heavy atom. The van der Waals surface area contributed by atoms with Gasteiger partial charge in [-0.25, -0.2) is 13.8 Å². The maximum Gasteiger partial charge on any atom is 0.269 e. The summed E-state index contributed by atoms with van der Waals surface area (Å²) < 4.78 is 26.9. The van der Waals surface area contributed by atoms with Crippen molar-refractivity contribution in [1.82, 2.24) is 4.98 Å². The minimum atomic E-state index is -0.761. The number of carbonyl (C=O) groups excluding carboxylic acids is 1. The number of aromatic nitrogens is 1. The predicted molar refractivity (Wildman–Crippen MR) is 78.1 cm³/mol. The Morgan fingerprint density at radius 3 is 2.70 bits per heavy atom. The molecule has 0 atom stereocenters. The molecule has 1 heterocycles. The zero-order chi connectivity index (χ0) is 14.9. The van der Waals surface area contributed by atoms with Gasteiger partial charge in [0.2, 0.25) is 0 Å². The van der Waals surface area contributed by atoms with Gasteiger partial charge < -0.3 is 16.4 Å². The van der Waals surface area contributed by atoms with Crippen LogP contribution in [0, 0.1) is 11.6 Å². The van der Waals surface area contributed by atoms with Gasteiger partial charge in [0.15, 0.2) is 5.13 Å². The Hall–Kier alpha value is -1.74. The van der Waals surface area contributed by atoms with Crippen LogP contribution in [0.25, 0.3) is 0 Å². The van der Waals surface area contributed by atoms with E-state index in [9.17, 15) is 13.6 Å². The highest BCUT2D eigenvalue weighted by Gasteiger charge is 2.18. The molecule has 106 valence electrons. The SMILES string of the molecule is CNc1nc(N)c(C(=O)Nc2cc(F)c(Br)cc2F)s1. The number of amides is 1. The summed E-state index contributed by atoms with van der Waals surface area (Å²) in [5.41, 5.74) is 5.32. The number of hydrogen-bond acceptors (Lipinski definition) is 5. The molecule has 0 fully saturated rings. The van der Waals surface area contributed by atoms with E-state index in [0.29, 0.717) is 5.13 Å². The Kier molecular flexibility index (Phi) is 4.19. The smallest absolute Gasteiger partial charge is 0.269 e. The lowest BCUT2D eigenvalue weighted by atomic mass is 10.3. The second-order valence-electron chi connectivity index (χ2n) is 3.68. The molecule has 0 radical (unpaired) electrons. The average molecular weight is 363 g/mol. The van der Waals surface area contributed by atoms with Crippen LogP contribution in [0.5, 0.6) is 0 Å². The third kappa shape index (κ3) is 2.88. The van der Waals surface area contributed by atoms with Gasteiger partial charge >= 0.3 is 0 Å². The number of carbonyl (C=O) groups is 1. The monoisotopic (exact) mass is 362 g/mol. The fourth-order valence-electron chi connectivity index (χ4n) is 1.40. The lowest BCUT2D eigenvalue weighted by Gasteiger charge is -2.06. The van der Waals surface area contributed by atoms with Crippen LogP contribution in [0.2, 0.25) is 0 Å². The van der Waals surface area contributed by atoms with Gasteiger partial charge in [-0.15, -0.1) is 0 Å². The molecule has 0 bridgehead atoms. The quantitative estimate of drug-likeness (QED) is 0.733. The number of nitrogens with zero attached hydrogens (tertiary/aromatic N) is 1. The van der Waals surface area contributed by atoms with Crippen molar-refractivity contribution in [2.24, 2.45) is 0 Å². The third-order valence-electron chi connectivity index (χ3n) is 2.33. The molecule has 2 rings (SSSR count). The van der Waals surface area contributed by atoms with E-state index >= 15 is 0 Å². The molecule has 9 heteroatoms. The van der Waals surface area contributed by atoms with E-state index in [1.165, 1.54) is 0 Å². The Labute approximate surface area is 125 Å². The number of halogens is 3. The van der Waals surface area contributed by atoms with Crippen LogP contribution < -0.4 is 16.4 Å². The average Bonchev–Trinajstić information content (AvgIpc) is 2.77. The molecule has 0 aliphatic heterocycles. The first-order valence-corrected chi connectivity index (χ1v) is 6.93. The summed E-state index contributed by atoms with van der Waals surface area (Å²) in [5.74, 6) is -2.07. The van der Waals surface area contributed by atoms with Crippen LogP contribution in [0.3, 0.4) is 0 Å². The Balaban J connectivity index is 2.27. The summed E-state index contributed by atoms with van der Waals surface area (Å²) in [6, 6.07) is 1.81. The number of thiazole rings is 1. The molecule has 1 aromatic heterocycles. The highest BCUT2D eigenvalue weighted by molar-refractivity contribution is 9.10. The van der Waals surface area contributed by atoms with Crippen molar-refractivity contribution in [3.63, 3.8) is 0 Å². The topological polar surface area (TPSA) is 80.0 Å². The summed E-state index contributed by atoms with van der Waals surface area (Å²) in [6.45, 7) is 0. The number of benzene rings is 1. The van der Waals surface area contributed by atoms with Gasteiger partial charge in [-0.2, -0.15) is 0 Å². The maximum atomic E-state index is 13.6. The molecule has 0 aliphatic rings. The number of nitrogen functional groups attached to an aromatic ring is 1. The number of hydrogen-bond donors (Lipinski definition) is 3. The van der Waals surface area contributed by atoms with E-state index in [-0.39, 0.29) is 20.9 Å². The Bertz CT molecular complexity index is 677. The molecule has 20 heavy (non-hydrogen) atoms. The molecule has 2 aromatic rings. The van der Waals surface area contributed by atoms with E-state index in [2.05, 4.69) is 31.5 Å².